The highest BCUT2D eigenvalue weighted by Gasteiger charge is 2.35. The molecule has 130 valence electrons. The van der Waals surface area contributed by atoms with Crippen LogP contribution < -0.4 is 9.47 Å². The van der Waals surface area contributed by atoms with Crippen LogP contribution in [-0.2, 0) is 11.2 Å². The molecule has 24 heavy (non-hydrogen) atoms. The highest BCUT2D eigenvalue weighted by molar-refractivity contribution is 5.43. The van der Waals surface area contributed by atoms with Gasteiger partial charge in [-0.05, 0) is 30.0 Å². The summed E-state index contributed by atoms with van der Waals surface area (Å²) in [5, 5.41) is 4.13. The number of rotatable bonds is 6. The van der Waals surface area contributed by atoms with Gasteiger partial charge in [0.15, 0.2) is 17.3 Å². The van der Waals surface area contributed by atoms with Crippen molar-refractivity contribution in [2.24, 2.45) is 5.92 Å². The molecule has 0 aliphatic carbocycles. The lowest BCUT2D eigenvalue weighted by molar-refractivity contribution is 0.0627. The minimum Gasteiger partial charge on any atom is -0.493 e. The number of ether oxygens (including phenoxy) is 3. The second-order valence-corrected chi connectivity index (χ2v) is 6.39. The Balaban J connectivity index is 1.74. The van der Waals surface area contributed by atoms with Crippen LogP contribution in [0.5, 0.6) is 11.5 Å². The molecule has 6 heteroatoms. The van der Waals surface area contributed by atoms with Crippen molar-refractivity contribution >= 4 is 0 Å². The zero-order chi connectivity index (χ0) is 17.1. The van der Waals surface area contributed by atoms with Gasteiger partial charge < -0.3 is 18.7 Å². The summed E-state index contributed by atoms with van der Waals surface area (Å²) in [7, 11) is 3.25. The summed E-state index contributed by atoms with van der Waals surface area (Å²) in [5.41, 5.74) is 1.04. The fourth-order valence-electron chi connectivity index (χ4n) is 3.20. The Labute approximate surface area is 142 Å². The first-order chi connectivity index (χ1) is 11.6. The van der Waals surface area contributed by atoms with E-state index in [4.69, 9.17) is 18.7 Å². The highest BCUT2D eigenvalue weighted by Crippen LogP contribution is 2.34. The van der Waals surface area contributed by atoms with E-state index in [9.17, 15) is 0 Å². The molecule has 0 amide bonds. The molecule has 1 fully saturated rings. The monoisotopic (exact) mass is 332 g/mol. The maximum absolute atomic E-state index is 5.81. The Morgan fingerprint density at radius 1 is 1.21 bits per heavy atom. The summed E-state index contributed by atoms with van der Waals surface area (Å²) in [5.74, 6) is 3.38. The van der Waals surface area contributed by atoms with Crippen molar-refractivity contribution in [3.8, 4) is 11.5 Å². The Hall–Kier alpha value is -2.08. The summed E-state index contributed by atoms with van der Waals surface area (Å²) in [6.07, 6.45) is 1.67. The second-order valence-electron chi connectivity index (χ2n) is 6.39. The van der Waals surface area contributed by atoms with Gasteiger partial charge in [0, 0.05) is 13.0 Å². The Kier molecular flexibility index (Phi) is 5.04. The van der Waals surface area contributed by atoms with E-state index in [0.29, 0.717) is 35.6 Å². The summed E-state index contributed by atoms with van der Waals surface area (Å²) in [4.78, 5) is 4.59. The molecule has 0 unspecified atom stereocenters. The smallest absolute Gasteiger partial charge is 0.232 e. The van der Waals surface area contributed by atoms with E-state index >= 15 is 0 Å². The van der Waals surface area contributed by atoms with Gasteiger partial charge in [0.2, 0.25) is 5.89 Å². The van der Waals surface area contributed by atoms with Gasteiger partial charge in [-0.2, -0.15) is 4.98 Å². The van der Waals surface area contributed by atoms with Crippen LogP contribution >= 0.6 is 0 Å². The van der Waals surface area contributed by atoms with E-state index < -0.39 is 0 Å². The van der Waals surface area contributed by atoms with Crippen molar-refractivity contribution in [2.45, 2.75) is 38.7 Å². The number of methoxy groups -OCH3 is 2. The lowest BCUT2D eigenvalue weighted by Gasteiger charge is -2.18. The Bertz CT molecular complexity index is 683. The first kappa shape index (κ1) is 16.8. The molecule has 0 saturated carbocycles. The summed E-state index contributed by atoms with van der Waals surface area (Å²) < 4.78 is 21.9. The van der Waals surface area contributed by atoms with Gasteiger partial charge in [-0.15, -0.1) is 0 Å². The Morgan fingerprint density at radius 2 is 2.00 bits per heavy atom. The minimum atomic E-state index is 0.152. The molecule has 0 N–H and O–H groups in total. The molecular weight excluding hydrogens is 308 g/mol. The maximum Gasteiger partial charge on any atom is 0.232 e. The first-order valence-electron chi connectivity index (χ1n) is 8.27. The molecular formula is C18H24N2O4. The van der Waals surface area contributed by atoms with Gasteiger partial charge in [0.1, 0.15) is 0 Å². The average Bonchev–Trinajstić information content (AvgIpc) is 3.23. The first-order valence-corrected chi connectivity index (χ1v) is 8.27. The zero-order valence-corrected chi connectivity index (χ0v) is 14.6. The van der Waals surface area contributed by atoms with E-state index in [-0.39, 0.29) is 12.0 Å². The molecule has 1 aromatic carbocycles. The molecule has 0 radical (unpaired) electrons. The van der Waals surface area contributed by atoms with Crippen molar-refractivity contribution in [2.75, 3.05) is 20.8 Å². The zero-order valence-electron chi connectivity index (χ0n) is 14.6. The molecule has 1 aliphatic heterocycles. The predicted molar refractivity (Wildman–Crippen MR) is 88.6 cm³/mol. The molecule has 2 heterocycles. The SMILES string of the molecule is COc1ccc(Cc2noc([C@@H]3CCO[C@H]3C(C)C)n2)cc1OC. The molecule has 1 aromatic heterocycles. The number of hydrogen-bond acceptors (Lipinski definition) is 6. The topological polar surface area (TPSA) is 66.6 Å². The van der Waals surface area contributed by atoms with Crippen LogP contribution in [0.3, 0.4) is 0 Å². The molecule has 3 rings (SSSR count). The van der Waals surface area contributed by atoms with Gasteiger partial charge in [0.25, 0.3) is 0 Å². The fraction of sp³-hybridized carbons (Fsp3) is 0.556. The van der Waals surface area contributed by atoms with E-state index in [1.54, 1.807) is 14.2 Å². The maximum atomic E-state index is 5.81. The summed E-state index contributed by atoms with van der Waals surface area (Å²) >= 11 is 0. The number of nitrogens with zero attached hydrogens (tertiary/aromatic N) is 2. The van der Waals surface area contributed by atoms with Crippen molar-refractivity contribution in [3.63, 3.8) is 0 Å². The standard InChI is InChI=1S/C18H24N2O4/c1-11(2)17-13(7-8-23-17)18-19-16(20-24-18)10-12-5-6-14(21-3)15(9-12)22-4/h5-6,9,11,13,17H,7-8,10H2,1-4H3/t13-,17+/m1/s1. The largest absolute Gasteiger partial charge is 0.493 e. The van der Waals surface area contributed by atoms with Crippen LogP contribution in [0.4, 0.5) is 0 Å². The van der Waals surface area contributed by atoms with E-state index in [0.717, 1.165) is 18.6 Å². The van der Waals surface area contributed by atoms with Crippen LogP contribution in [0, 0.1) is 5.92 Å². The van der Waals surface area contributed by atoms with Gasteiger partial charge >= 0.3 is 0 Å². The van der Waals surface area contributed by atoms with E-state index in [1.165, 1.54) is 0 Å². The highest BCUT2D eigenvalue weighted by atomic mass is 16.5. The van der Waals surface area contributed by atoms with Crippen molar-refractivity contribution < 1.29 is 18.7 Å². The van der Waals surface area contributed by atoms with Gasteiger partial charge in [0.05, 0.1) is 26.2 Å². The summed E-state index contributed by atoms with van der Waals surface area (Å²) in [6.45, 7) is 5.06. The van der Waals surface area contributed by atoms with Crippen molar-refractivity contribution in [3.05, 3.63) is 35.5 Å². The Morgan fingerprint density at radius 3 is 2.71 bits per heavy atom. The van der Waals surface area contributed by atoms with E-state index in [1.807, 2.05) is 18.2 Å². The lowest BCUT2D eigenvalue weighted by Crippen LogP contribution is -2.21. The normalized spacial score (nSPS) is 20.5. The van der Waals surface area contributed by atoms with Gasteiger partial charge in [-0.3, -0.25) is 0 Å². The molecule has 1 saturated heterocycles. The van der Waals surface area contributed by atoms with Crippen LogP contribution in [0.25, 0.3) is 0 Å². The van der Waals surface area contributed by atoms with Crippen LogP contribution in [0.15, 0.2) is 22.7 Å². The summed E-state index contributed by atoms with van der Waals surface area (Å²) in [6, 6.07) is 5.80. The molecule has 0 spiro atoms. The third-order valence-electron chi connectivity index (χ3n) is 4.40. The van der Waals surface area contributed by atoms with E-state index in [2.05, 4.69) is 24.0 Å². The van der Waals surface area contributed by atoms with Crippen LogP contribution in [0.2, 0.25) is 0 Å². The average molecular weight is 332 g/mol. The molecule has 2 atom stereocenters. The fourth-order valence-corrected chi connectivity index (χ4v) is 3.20. The minimum absolute atomic E-state index is 0.152. The molecule has 0 bridgehead atoms. The van der Waals surface area contributed by atoms with Crippen molar-refractivity contribution in [1.29, 1.82) is 0 Å². The number of aromatic nitrogens is 2. The van der Waals surface area contributed by atoms with Gasteiger partial charge in [-0.25, -0.2) is 0 Å². The quantitative estimate of drug-likeness (QED) is 0.809. The van der Waals surface area contributed by atoms with Gasteiger partial charge in [-0.1, -0.05) is 25.1 Å². The third kappa shape index (κ3) is 3.38. The van der Waals surface area contributed by atoms with Crippen LogP contribution in [0.1, 0.15) is 43.5 Å². The lowest BCUT2D eigenvalue weighted by atomic mass is 9.93. The second kappa shape index (κ2) is 7.21. The molecule has 6 nitrogen and oxygen atoms in total. The predicted octanol–water partition coefficient (Wildman–Crippen LogP) is 3.21. The number of benzene rings is 1. The van der Waals surface area contributed by atoms with Crippen LogP contribution in [-0.4, -0.2) is 37.1 Å². The molecule has 1 aliphatic rings. The number of hydrogen-bond donors (Lipinski definition) is 0. The van der Waals surface area contributed by atoms with Crippen molar-refractivity contribution in [1.82, 2.24) is 10.1 Å². The third-order valence-corrected chi connectivity index (χ3v) is 4.40. The molecule has 2 aromatic rings.